The Morgan fingerprint density at radius 1 is 1.52 bits per heavy atom. The van der Waals surface area contributed by atoms with Gasteiger partial charge < -0.3 is 10.1 Å². The summed E-state index contributed by atoms with van der Waals surface area (Å²) in [6, 6.07) is 0. The Labute approximate surface area is 125 Å². The van der Waals surface area contributed by atoms with Crippen molar-refractivity contribution in [2.75, 3.05) is 32.8 Å². The van der Waals surface area contributed by atoms with Crippen LogP contribution in [0.2, 0.25) is 0 Å². The van der Waals surface area contributed by atoms with Gasteiger partial charge in [0.15, 0.2) is 0 Å². The molecule has 0 aliphatic carbocycles. The van der Waals surface area contributed by atoms with Gasteiger partial charge in [0.1, 0.15) is 5.82 Å². The van der Waals surface area contributed by atoms with Crippen molar-refractivity contribution in [3.8, 4) is 0 Å². The topological polar surface area (TPSA) is 83.1 Å². The summed E-state index contributed by atoms with van der Waals surface area (Å²) in [6.45, 7) is 12.2. The molecule has 2 rings (SSSR count). The molecule has 1 saturated heterocycles. The van der Waals surface area contributed by atoms with Crippen LogP contribution in [0.15, 0.2) is 0 Å². The molecule has 118 valence electrons. The first kappa shape index (κ1) is 15.9. The van der Waals surface area contributed by atoms with Crippen molar-refractivity contribution in [3.05, 3.63) is 11.6 Å². The molecular formula is C14H25N5O2. The number of hydrogen-bond donors (Lipinski definition) is 2. The maximum absolute atomic E-state index is 12.1. The van der Waals surface area contributed by atoms with E-state index >= 15 is 0 Å². The van der Waals surface area contributed by atoms with Gasteiger partial charge in [-0.1, -0.05) is 27.7 Å². The SMILES string of the molecule is CCN1CCOC(CNC(=O)c2n[nH]c(C(C)(C)C)n2)C1. The summed E-state index contributed by atoms with van der Waals surface area (Å²) >= 11 is 0. The second kappa shape index (κ2) is 6.53. The van der Waals surface area contributed by atoms with E-state index in [2.05, 4.69) is 32.3 Å². The number of carbonyl (C=O) groups excluding carboxylic acids is 1. The highest BCUT2D eigenvalue weighted by Gasteiger charge is 2.23. The van der Waals surface area contributed by atoms with Gasteiger partial charge in [0, 0.05) is 25.0 Å². The molecule has 0 aromatic carbocycles. The van der Waals surface area contributed by atoms with Gasteiger partial charge in [0.05, 0.1) is 12.7 Å². The third kappa shape index (κ3) is 4.25. The van der Waals surface area contributed by atoms with Crippen molar-refractivity contribution in [3.63, 3.8) is 0 Å². The quantitative estimate of drug-likeness (QED) is 0.847. The van der Waals surface area contributed by atoms with Gasteiger partial charge in [0.2, 0.25) is 5.82 Å². The highest BCUT2D eigenvalue weighted by Crippen LogP contribution is 2.17. The fraction of sp³-hybridized carbons (Fsp3) is 0.786. The van der Waals surface area contributed by atoms with Crippen LogP contribution in [-0.4, -0.2) is 64.9 Å². The lowest BCUT2D eigenvalue weighted by Crippen LogP contribution is -2.47. The standard InChI is InChI=1S/C14H25N5O2/c1-5-19-6-7-21-10(9-19)8-15-12(20)11-16-13(18-17-11)14(2,3)4/h10H,5-9H2,1-4H3,(H,15,20)(H,16,17,18). The maximum Gasteiger partial charge on any atom is 0.291 e. The number of nitrogens with zero attached hydrogens (tertiary/aromatic N) is 3. The molecule has 1 aromatic rings. The number of morpholine rings is 1. The van der Waals surface area contributed by atoms with E-state index in [-0.39, 0.29) is 23.3 Å². The van der Waals surface area contributed by atoms with Gasteiger partial charge in [-0.05, 0) is 6.54 Å². The molecular weight excluding hydrogens is 270 g/mol. The predicted octanol–water partition coefficient (Wildman–Crippen LogP) is 0.553. The average molecular weight is 295 g/mol. The molecule has 1 atom stereocenters. The lowest BCUT2D eigenvalue weighted by Gasteiger charge is -2.31. The Bertz CT molecular complexity index is 480. The van der Waals surface area contributed by atoms with Crippen LogP contribution in [0.5, 0.6) is 0 Å². The molecule has 1 fully saturated rings. The van der Waals surface area contributed by atoms with Crippen molar-refractivity contribution in [2.24, 2.45) is 0 Å². The number of rotatable bonds is 4. The fourth-order valence-corrected chi connectivity index (χ4v) is 2.18. The van der Waals surface area contributed by atoms with Gasteiger partial charge >= 0.3 is 0 Å². The van der Waals surface area contributed by atoms with Crippen LogP contribution in [0.25, 0.3) is 0 Å². The molecule has 7 nitrogen and oxygen atoms in total. The molecule has 21 heavy (non-hydrogen) atoms. The second-order valence-electron chi connectivity index (χ2n) is 6.35. The monoisotopic (exact) mass is 295 g/mol. The van der Waals surface area contributed by atoms with Crippen molar-refractivity contribution < 1.29 is 9.53 Å². The first-order valence-electron chi connectivity index (χ1n) is 7.45. The highest BCUT2D eigenvalue weighted by molar-refractivity contribution is 5.90. The van der Waals surface area contributed by atoms with E-state index in [0.29, 0.717) is 19.0 Å². The number of hydrogen-bond acceptors (Lipinski definition) is 5. The molecule has 0 radical (unpaired) electrons. The van der Waals surface area contributed by atoms with E-state index in [1.54, 1.807) is 0 Å². The molecule has 0 bridgehead atoms. The average Bonchev–Trinajstić information content (AvgIpc) is 2.95. The zero-order valence-corrected chi connectivity index (χ0v) is 13.3. The number of likely N-dealkylation sites (N-methyl/N-ethyl adjacent to an activating group) is 1. The number of carbonyl (C=O) groups is 1. The molecule has 1 amide bonds. The van der Waals surface area contributed by atoms with Crippen molar-refractivity contribution in [2.45, 2.75) is 39.2 Å². The minimum Gasteiger partial charge on any atom is -0.374 e. The molecule has 2 heterocycles. The molecule has 1 unspecified atom stereocenters. The first-order valence-corrected chi connectivity index (χ1v) is 7.45. The summed E-state index contributed by atoms with van der Waals surface area (Å²) in [5, 5.41) is 9.64. The highest BCUT2D eigenvalue weighted by atomic mass is 16.5. The summed E-state index contributed by atoms with van der Waals surface area (Å²) < 4.78 is 5.65. The summed E-state index contributed by atoms with van der Waals surface area (Å²) in [7, 11) is 0. The van der Waals surface area contributed by atoms with E-state index < -0.39 is 0 Å². The van der Waals surface area contributed by atoms with Crippen molar-refractivity contribution >= 4 is 5.91 Å². The normalized spacial score (nSPS) is 20.5. The van der Waals surface area contributed by atoms with Crippen LogP contribution in [0, 0.1) is 0 Å². The van der Waals surface area contributed by atoms with E-state index in [1.165, 1.54) is 0 Å². The molecule has 1 aromatic heterocycles. The minimum absolute atomic E-state index is 0.0312. The number of aromatic amines is 1. The number of H-pyrrole nitrogens is 1. The third-order valence-electron chi connectivity index (χ3n) is 3.56. The van der Waals surface area contributed by atoms with Crippen molar-refractivity contribution in [1.29, 1.82) is 0 Å². The van der Waals surface area contributed by atoms with E-state index in [4.69, 9.17) is 4.74 Å². The van der Waals surface area contributed by atoms with Gasteiger partial charge in [0.25, 0.3) is 5.91 Å². The Hall–Kier alpha value is -1.47. The zero-order valence-electron chi connectivity index (χ0n) is 13.3. The van der Waals surface area contributed by atoms with E-state index in [0.717, 1.165) is 19.6 Å². The Morgan fingerprint density at radius 3 is 2.90 bits per heavy atom. The van der Waals surface area contributed by atoms with Crippen molar-refractivity contribution in [1.82, 2.24) is 25.4 Å². The number of aromatic nitrogens is 3. The van der Waals surface area contributed by atoms with Gasteiger partial charge in [-0.15, -0.1) is 5.10 Å². The smallest absolute Gasteiger partial charge is 0.291 e. The maximum atomic E-state index is 12.1. The lowest BCUT2D eigenvalue weighted by molar-refractivity contribution is -0.0246. The van der Waals surface area contributed by atoms with E-state index in [9.17, 15) is 4.79 Å². The molecule has 0 spiro atoms. The minimum atomic E-state index is -0.265. The third-order valence-corrected chi connectivity index (χ3v) is 3.56. The summed E-state index contributed by atoms with van der Waals surface area (Å²) in [5.41, 5.74) is -0.153. The second-order valence-corrected chi connectivity index (χ2v) is 6.35. The van der Waals surface area contributed by atoms with E-state index in [1.807, 2.05) is 20.8 Å². The predicted molar refractivity (Wildman–Crippen MR) is 79.3 cm³/mol. The van der Waals surface area contributed by atoms with Crippen LogP contribution in [-0.2, 0) is 10.2 Å². The van der Waals surface area contributed by atoms with Gasteiger partial charge in [-0.25, -0.2) is 4.98 Å². The molecule has 0 saturated carbocycles. The van der Waals surface area contributed by atoms with Crippen LogP contribution >= 0.6 is 0 Å². The molecule has 2 N–H and O–H groups in total. The Morgan fingerprint density at radius 2 is 2.29 bits per heavy atom. The van der Waals surface area contributed by atoms with Crippen LogP contribution in [0.3, 0.4) is 0 Å². The molecule has 7 heteroatoms. The van der Waals surface area contributed by atoms with Gasteiger partial charge in [-0.3, -0.25) is 14.8 Å². The number of amides is 1. The Kier molecular flexibility index (Phi) is 4.95. The van der Waals surface area contributed by atoms with Crippen LogP contribution < -0.4 is 5.32 Å². The van der Waals surface area contributed by atoms with Crippen LogP contribution in [0.4, 0.5) is 0 Å². The number of nitrogens with one attached hydrogen (secondary N) is 2. The summed E-state index contributed by atoms with van der Waals surface area (Å²) in [5.74, 6) is 0.626. The summed E-state index contributed by atoms with van der Waals surface area (Å²) in [4.78, 5) is 18.6. The van der Waals surface area contributed by atoms with Crippen LogP contribution in [0.1, 0.15) is 44.1 Å². The van der Waals surface area contributed by atoms with Gasteiger partial charge in [-0.2, -0.15) is 0 Å². The Balaban J connectivity index is 1.86. The zero-order chi connectivity index (χ0) is 15.5. The summed E-state index contributed by atoms with van der Waals surface area (Å²) in [6.07, 6.45) is 0.0312. The molecule has 1 aliphatic rings. The molecule has 1 aliphatic heterocycles. The first-order chi connectivity index (χ1) is 9.90. The largest absolute Gasteiger partial charge is 0.374 e. The fourth-order valence-electron chi connectivity index (χ4n) is 2.18. The number of ether oxygens (including phenoxy) is 1. The lowest BCUT2D eigenvalue weighted by atomic mass is 9.96.